The molecule has 0 spiro atoms. The Kier molecular flexibility index (Phi) is 7.57. The van der Waals surface area contributed by atoms with Gasteiger partial charge in [0.1, 0.15) is 0 Å². The zero-order chi connectivity index (χ0) is 18.9. The summed E-state index contributed by atoms with van der Waals surface area (Å²) < 4.78 is 0. The smallest absolute Gasteiger partial charge is 0.224 e. The molecule has 2 aromatic rings. The fraction of sp³-hybridized carbons (Fsp3) is 0.476. The van der Waals surface area contributed by atoms with E-state index in [0.29, 0.717) is 31.8 Å². The van der Waals surface area contributed by atoms with E-state index in [2.05, 4.69) is 29.5 Å². The minimum atomic E-state index is -0.0155. The summed E-state index contributed by atoms with van der Waals surface area (Å²) in [5.41, 5.74) is 1.85. The Labute approximate surface area is 155 Å². The largest absolute Gasteiger partial charge is 0.356 e. The predicted octanol–water partition coefficient (Wildman–Crippen LogP) is 3.08. The molecule has 5 nitrogen and oxygen atoms in total. The van der Waals surface area contributed by atoms with Crippen LogP contribution in [0.25, 0.3) is 10.9 Å². The van der Waals surface area contributed by atoms with Crippen molar-refractivity contribution in [3.05, 3.63) is 42.1 Å². The van der Waals surface area contributed by atoms with Gasteiger partial charge in [-0.2, -0.15) is 0 Å². The van der Waals surface area contributed by atoms with Crippen LogP contribution in [-0.4, -0.2) is 29.9 Å². The summed E-state index contributed by atoms with van der Waals surface area (Å²) in [5.74, 6) is 0.793. The Morgan fingerprint density at radius 1 is 1.04 bits per heavy atom. The van der Waals surface area contributed by atoms with E-state index < -0.39 is 0 Å². The first kappa shape index (κ1) is 19.9. The third-order valence-corrected chi connectivity index (χ3v) is 4.28. The van der Waals surface area contributed by atoms with Gasteiger partial charge in [0, 0.05) is 31.1 Å². The SMILES string of the molecule is CC(C)CCC(=O)NCC(C)CNC(=O)Cc1ccc2cccnc2c1. The number of carbonyl (C=O) groups excluding carboxylic acids is 2. The molecule has 0 aliphatic heterocycles. The molecule has 26 heavy (non-hydrogen) atoms. The molecule has 1 unspecified atom stereocenters. The standard InChI is InChI=1S/C21H29N3O2/c1-15(2)6-9-20(25)23-13-16(3)14-24-21(26)12-17-7-8-18-5-4-10-22-19(18)11-17/h4-5,7-8,10-11,15-16H,6,9,12-14H2,1-3H3,(H,23,25)(H,24,26). The third-order valence-electron chi connectivity index (χ3n) is 4.28. The van der Waals surface area contributed by atoms with Crippen molar-refractivity contribution >= 4 is 22.7 Å². The average Bonchev–Trinajstić information content (AvgIpc) is 2.62. The van der Waals surface area contributed by atoms with Crippen LogP contribution in [0.4, 0.5) is 0 Å². The van der Waals surface area contributed by atoms with Crippen LogP contribution in [0.2, 0.25) is 0 Å². The number of carbonyl (C=O) groups is 2. The summed E-state index contributed by atoms with van der Waals surface area (Å²) >= 11 is 0. The van der Waals surface area contributed by atoms with Crippen LogP contribution in [0.15, 0.2) is 36.5 Å². The van der Waals surface area contributed by atoms with Crippen LogP contribution in [0.1, 0.15) is 39.2 Å². The van der Waals surface area contributed by atoms with Crippen LogP contribution < -0.4 is 10.6 Å². The van der Waals surface area contributed by atoms with E-state index in [9.17, 15) is 9.59 Å². The minimum absolute atomic E-state index is 0.0155. The van der Waals surface area contributed by atoms with Gasteiger partial charge in [-0.3, -0.25) is 14.6 Å². The van der Waals surface area contributed by atoms with Crippen molar-refractivity contribution < 1.29 is 9.59 Å². The average molecular weight is 355 g/mol. The summed E-state index contributed by atoms with van der Waals surface area (Å²) in [6, 6.07) is 9.80. The number of pyridine rings is 1. The second-order valence-corrected chi connectivity index (χ2v) is 7.35. The highest BCUT2D eigenvalue weighted by molar-refractivity contribution is 5.83. The molecule has 0 aliphatic rings. The molecule has 0 saturated heterocycles. The number of hydrogen-bond donors (Lipinski definition) is 2. The number of fused-ring (bicyclic) bond motifs is 1. The maximum Gasteiger partial charge on any atom is 0.224 e. The lowest BCUT2D eigenvalue weighted by Crippen LogP contribution is -2.36. The van der Waals surface area contributed by atoms with E-state index in [1.807, 2.05) is 37.3 Å². The van der Waals surface area contributed by atoms with Gasteiger partial charge in [-0.25, -0.2) is 0 Å². The highest BCUT2D eigenvalue weighted by Gasteiger charge is 2.09. The first-order chi connectivity index (χ1) is 12.4. The van der Waals surface area contributed by atoms with Gasteiger partial charge in [0.2, 0.25) is 11.8 Å². The van der Waals surface area contributed by atoms with Gasteiger partial charge in [-0.05, 0) is 36.0 Å². The molecule has 2 rings (SSSR count). The molecule has 0 fully saturated rings. The Morgan fingerprint density at radius 2 is 1.77 bits per heavy atom. The summed E-state index contributed by atoms with van der Waals surface area (Å²) in [5, 5.41) is 6.94. The lowest BCUT2D eigenvalue weighted by atomic mass is 10.1. The first-order valence-corrected chi connectivity index (χ1v) is 9.31. The molecular weight excluding hydrogens is 326 g/mol. The molecule has 0 bridgehead atoms. The van der Waals surface area contributed by atoms with E-state index >= 15 is 0 Å². The van der Waals surface area contributed by atoms with E-state index in [1.54, 1.807) is 6.20 Å². The zero-order valence-corrected chi connectivity index (χ0v) is 15.9. The lowest BCUT2D eigenvalue weighted by Gasteiger charge is -2.14. The van der Waals surface area contributed by atoms with Gasteiger partial charge in [-0.15, -0.1) is 0 Å². The number of aromatic nitrogens is 1. The summed E-state index contributed by atoms with van der Waals surface area (Å²) in [6.07, 6.45) is 3.55. The van der Waals surface area contributed by atoms with E-state index in [1.165, 1.54) is 0 Å². The second kappa shape index (κ2) is 9.90. The van der Waals surface area contributed by atoms with Gasteiger partial charge < -0.3 is 10.6 Å². The van der Waals surface area contributed by atoms with Crippen LogP contribution in [0.5, 0.6) is 0 Å². The number of benzene rings is 1. The van der Waals surface area contributed by atoms with Crippen molar-refractivity contribution in [1.82, 2.24) is 15.6 Å². The van der Waals surface area contributed by atoms with Crippen LogP contribution >= 0.6 is 0 Å². The Bertz CT molecular complexity index is 743. The van der Waals surface area contributed by atoms with Gasteiger partial charge in [-0.1, -0.05) is 39.0 Å². The monoisotopic (exact) mass is 355 g/mol. The van der Waals surface area contributed by atoms with Crippen LogP contribution in [0.3, 0.4) is 0 Å². The van der Waals surface area contributed by atoms with Gasteiger partial charge in [0.25, 0.3) is 0 Å². The lowest BCUT2D eigenvalue weighted by molar-refractivity contribution is -0.121. The Hall–Kier alpha value is -2.43. The summed E-state index contributed by atoms with van der Waals surface area (Å²) in [6.45, 7) is 7.36. The van der Waals surface area contributed by atoms with E-state index in [0.717, 1.165) is 22.9 Å². The van der Waals surface area contributed by atoms with E-state index in [-0.39, 0.29) is 17.7 Å². The van der Waals surface area contributed by atoms with Gasteiger partial charge in [0.05, 0.1) is 11.9 Å². The normalized spacial score (nSPS) is 12.2. The summed E-state index contributed by atoms with van der Waals surface area (Å²) in [7, 11) is 0. The maximum atomic E-state index is 12.1. The van der Waals surface area contributed by atoms with Crippen molar-refractivity contribution in [3.63, 3.8) is 0 Å². The molecule has 0 aliphatic carbocycles. The van der Waals surface area contributed by atoms with Crippen LogP contribution in [-0.2, 0) is 16.0 Å². The third kappa shape index (κ3) is 6.82. The van der Waals surface area contributed by atoms with Gasteiger partial charge in [0.15, 0.2) is 0 Å². The second-order valence-electron chi connectivity index (χ2n) is 7.35. The predicted molar refractivity (Wildman–Crippen MR) is 105 cm³/mol. The fourth-order valence-electron chi connectivity index (χ4n) is 2.63. The van der Waals surface area contributed by atoms with Crippen molar-refractivity contribution in [2.45, 2.75) is 40.0 Å². The number of nitrogens with one attached hydrogen (secondary N) is 2. The fourth-order valence-corrected chi connectivity index (χ4v) is 2.63. The molecular formula is C21H29N3O2. The first-order valence-electron chi connectivity index (χ1n) is 9.31. The molecule has 5 heteroatoms. The van der Waals surface area contributed by atoms with E-state index in [4.69, 9.17) is 0 Å². The summed E-state index contributed by atoms with van der Waals surface area (Å²) in [4.78, 5) is 28.2. The number of nitrogens with zero attached hydrogens (tertiary/aromatic N) is 1. The molecule has 1 aromatic carbocycles. The van der Waals surface area contributed by atoms with Crippen molar-refractivity contribution in [2.24, 2.45) is 11.8 Å². The topological polar surface area (TPSA) is 71.1 Å². The number of rotatable bonds is 9. The Morgan fingerprint density at radius 3 is 2.50 bits per heavy atom. The molecule has 2 N–H and O–H groups in total. The van der Waals surface area contributed by atoms with Crippen molar-refractivity contribution in [2.75, 3.05) is 13.1 Å². The van der Waals surface area contributed by atoms with Crippen molar-refractivity contribution in [3.8, 4) is 0 Å². The van der Waals surface area contributed by atoms with Crippen LogP contribution in [0, 0.1) is 11.8 Å². The van der Waals surface area contributed by atoms with Gasteiger partial charge >= 0.3 is 0 Å². The minimum Gasteiger partial charge on any atom is -0.356 e. The molecule has 1 aromatic heterocycles. The van der Waals surface area contributed by atoms with Crippen molar-refractivity contribution in [1.29, 1.82) is 0 Å². The maximum absolute atomic E-state index is 12.1. The molecule has 0 saturated carbocycles. The molecule has 1 atom stereocenters. The Balaban J connectivity index is 1.71. The molecule has 0 radical (unpaired) electrons. The number of amides is 2. The molecule has 140 valence electrons. The molecule has 1 heterocycles. The molecule has 2 amide bonds. The zero-order valence-electron chi connectivity index (χ0n) is 15.9. The highest BCUT2D eigenvalue weighted by Crippen LogP contribution is 2.13. The number of hydrogen-bond acceptors (Lipinski definition) is 3. The quantitative estimate of drug-likeness (QED) is 0.726. The highest BCUT2D eigenvalue weighted by atomic mass is 16.2.